The van der Waals surface area contributed by atoms with Crippen molar-refractivity contribution in [2.75, 3.05) is 18.5 Å². The molecule has 0 aliphatic carbocycles. The Morgan fingerprint density at radius 3 is 2.70 bits per heavy atom. The zero-order valence-electron chi connectivity index (χ0n) is 10.7. The van der Waals surface area contributed by atoms with E-state index < -0.39 is 0 Å². The molecular weight excluding hydrogens is 278 g/mol. The lowest BCUT2D eigenvalue weighted by molar-refractivity contribution is 0.171. The van der Waals surface area contributed by atoms with Crippen LogP contribution in [-0.4, -0.2) is 18.3 Å². The van der Waals surface area contributed by atoms with Gasteiger partial charge in [0.1, 0.15) is 19.0 Å². The largest absolute Gasteiger partial charge is 0.508 e. The van der Waals surface area contributed by atoms with Crippen molar-refractivity contribution in [3.8, 4) is 17.2 Å². The minimum atomic E-state index is 0.183. The van der Waals surface area contributed by atoms with Gasteiger partial charge in [-0.2, -0.15) is 0 Å². The summed E-state index contributed by atoms with van der Waals surface area (Å²) in [5.41, 5.74) is 1.55. The highest BCUT2D eigenvalue weighted by Crippen LogP contribution is 2.33. The minimum Gasteiger partial charge on any atom is -0.508 e. The molecular formula is C15H14ClNO3. The van der Waals surface area contributed by atoms with Crippen LogP contribution in [-0.2, 0) is 6.54 Å². The molecule has 1 aliphatic rings. The van der Waals surface area contributed by atoms with Crippen molar-refractivity contribution < 1.29 is 14.6 Å². The van der Waals surface area contributed by atoms with E-state index in [1.807, 2.05) is 18.2 Å². The molecule has 0 fully saturated rings. The van der Waals surface area contributed by atoms with E-state index >= 15 is 0 Å². The highest BCUT2D eigenvalue weighted by Gasteiger charge is 2.12. The molecule has 3 rings (SSSR count). The number of aromatic hydroxyl groups is 1. The van der Waals surface area contributed by atoms with E-state index in [2.05, 4.69) is 5.32 Å². The van der Waals surface area contributed by atoms with Gasteiger partial charge in [-0.05, 0) is 24.3 Å². The first kappa shape index (κ1) is 12.9. The van der Waals surface area contributed by atoms with Crippen LogP contribution in [0.2, 0.25) is 5.02 Å². The van der Waals surface area contributed by atoms with E-state index in [0.29, 0.717) is 30.3 Å². The number of halogens is 1. The van der Waals surface area contributed by atoms with Crippen molar-refractivity contribution in [1.82, 2.24) is 0 Å². The molecule has 0 spiro atoms. The molecule has 2 N–H and O–H groups in total. The highest BCUT2D eigenvalue weighted by atomic mass is 35.5. The normalized spacial score (nSPS) is 13.1. The Kier molecular flexibility index (Phi) is 3.56. The molecule has 0 atom stereocenters. The van der Waals surface area contributed by atoms with Crippen molar-refractivity contribution >= 4 is 17.3 Å². The molecule has 0 saturated carbocycles. The van der Waals surface area contributed by atoms with Crippen molar-refractivity contribution in [1.29, 1.82) is 0 Å². The molecule has 0 radical (unpaired) electrons. The maximum absolute atomic E-state index is 9.79. The average molecular weight is 292 g/mol. The molecule has 0 bridgehead atoms. The standard InChI is InChI=1S/C15H14ClNO3/c16-12-2-1-3-13(18)11(12)9-17-10-4-5-14-15(8-10)20-7-6-19-14/h1-5,8,17-18H,6-7,9H2. The van der Waals surface area contributed by atoms with E-state index in [-0.39, 0.29) is 5.75 Å². The first-order valence-corrected chi connectivity index (χ1v) is 6.72. The third-order valence-corrected chi connectivity index (χ3v) is 3.46. The highest BCUT2D eigenvalue weighted by molar-refractivity contribution is 6.31. The summed E-state index contributed by atoms with van der Waals surface area (Å²) in [6.45, 7) is 1.57. The Bertz CT molecular complexity index is 610. The van der Waals surface area contributed by atoms with Gasteiger partial charge in [0, 0.05) is 28.9 Å². The van der Waals surface area contributed by atoms with Gasteiger partial charge >= 0.3 is 0 Å². The maximum atomic E-state index is 9.79. The average Bonchev–Trinajstić information content (AvgIpc) is 2.46. The second-order valence-electron chi connectivity index (χ2n) is 4.45. The van der Waals surface area contributed by atoms with Gasteiger partial charge in [0.15, 0.2) is 11.5 Å². The van der Waals surface area contributed by atoms with Gasteiger partial charge in [0.2, 0.25) is 0 Å². The van der Waals surface area contributed by atoms with Crippen molar-refractivity contribution in [3.05, 3.63) is 47.0 Å². The Balaban J connectivity index is 1.75. The second-order valence-corrected chi connectivity index (χ2v) is 4.86. The van der Waals surface area contributed by atoms with Gasteiger partial charge in [0.25, 0.3) is 0 Å². The molecule has 104 valence electrons. The Labute approximate surface area is 121 Å². The van der Waals surface area contributed by atoms with E-state index in [1.165, 1.54) is 0 Å². The lowest BCUT2D eigenvalue weighted by Gasteiger charge is -2.19. The third kappa shape index (κ3) is 2.60. The van der Waals surface area contributed by atoms with Crippen LogP contribution in [0.5, 0.6) is 17.2 Å². The summed E-state index contributed by atoms with van der Waals surface area (Å²) < 4.78 is 11.0. The van der Waals surface area contributed by atoms with Crippen LogP contribution in [0.1, 0.15) is 5.56 Å². The summed E-state index contributed by atoms with van der Waals surface area (Å²) in [6, 6.07) is 10.7. The van der Waals surface area contributed by atoms with Gasteiger partial charge in [0.05, 0.1) is 0 Å². The summed E-state index contributed by atoms with van der Waals surface area (Å²) in [7, 11) is 0. The van der Waals surface area contributed by atoms with E-state index in [0.717, 1.165) is 17.2 Å². The summed E-state index contributed by atoms with van der Waals surface area (Å²) >= 11 is 6.07. The Morgan fingerprint density at radius 1 is 1.10 bits per heavy atom. The molecule has 0 amide bonds. The van der Waals surface area contributed by atoms with Gasteiger partial charge < -0.3 is 19.9 Å². The number of rotatable bonds is 3. The molecule has 4 nitrogen and oxygen atoms in total. The monoisotopic (exact) mass is 291 g/mol. The molecule has 1 aliphatic heterocycles. The minimum absolute atomic E-state index is 0.183. The summed E-state index contributed by atoms with van der Waals surface area (Å²) in [6.07, 6.45) is 0. The molecule has 0 unspecified atom stereocenters. The van der Waals surface area contributed by atoms with E-state index in [4.69, 9.17) is 21.1 Å². The zero-order chi connectivity index (χ0) is 13.9. The van der Waals surface area contributed by atoms with Crippen LogP contribution in [0.3, 0.4) is 0 Å². The summed E-state index contributed by atoms with van der Waals surface area (Å²) in [5, 5.41) is 13.5. The number of phenols is 1. The second kappa shape index (κ2) is 5.51. The molecule has 1 heterocycles. The fourth-order valence-electron chi connectivity index (χ4n) is 2.07. The number of hydrogen-bond donors (Lipinski definition) is 2. The molecule has 20 heavy (non-hydrogen) atoms. The molecule has 0 saturated heterocycles. The quantitative estimate of drug-likeness (QED) is 0.910. The van der Waals surface area contributed by atoms with Crippen LogP contribution in [0, 0.1) is 0 Å². The van der Waals surface area contributed by atoms with Crippen molar-refractivity contribution in [2.45, 2.75) is 6.54 Å². The van der Waals surface area contributed by atoms with Crippen molar-refractivity contribution in [2.24, 2.45) is 0 Å². The zero-order valence-corrected chi connectivity index (χ0v) is 11.5. The van der Waals surface area contributed by atoms with Crippen LogP contribution in [0.25, 0.3) is 0 Å². The molecule has 2 aromatic carbocycles. The first-order chi connectivity index (χ1) is 9.74. The van der Waals surface area contributed by atoms with Gasteiger partial charge in [-0.3, -0.25) is 0 Å². The fourth-order valence-corrected chi connectivity index (χ4v) is 2.30. The van der Waals surface area contributed by atoms with Crippen LogP contribution >= 0.6 is 11.6 Å². The number of hydrogen-bond acceptors (Lipinski definition) is 4. The van der Waals surface area contributed by atoms with Gasteiger partial charge in [-0.15, -0.1) is 0 Å². The van der Waals surface area contributed by atoms with Crippen LogP contribution in [0.4, 0.5) is 5.69 Å². The number of ether oxygens (including phenoxy) is 2. The number of nitrogens with one attached hydrogen (secondary N) is 1. The van der Waals surface area contributed by atoms with Crippen LogP contribution in [0.15, 0.2) is 36.4 Å². The van der Waals surface area contributed by atoms with Crippen LogP contribution < -0.4 is 14.8 Å². The Morgan fingerprint density at radius 2 is 1.90 bits per heavy atom. The maximum Gasteiger partial charge on any atom is 0.163 e. The van der Waals surface area contributed by atoms with Gasteiger partial charge in [-0.25, -0.2) is 0 Å². The van der Waals surface area contributed by atoms with E-state index in [9.17, 15) is 5.11 Å². The fraction of sp³-hybridized carbons (Fsp3) is 0.200. The van der Waals surface area contributed by atoms with Gasteiger partial charge in [-0.1, -0.05) is 17.7 Å². The molecule has 0 aromatic heterocycles. The predicted molar refractivity (Wildman–Crippen MR) is 77.9 cm³/mol. The lowest BCUT2D eigenvalue weighted by atomic mass is 10.2. The first-order valence-electron chi connectivity index (χ1n) is 6.34. The SMILES string of the molecule is Oc1cccc(Cl)c1CNc1ccc2c(c1)OCCO2. The number of anilines is 1. The summed E-state index contributed by atoms with van der Waals surface area (Å²) in [4.78, 5) is 0. The topological polar surface area (TPSA) is 50.7 Å². The number of fused-ring (bicyclic) bond motifs is 1. The smallest absolute Gasteiger partial charge is 0.163 e. The predicted octanol–water partition coefficient (Wildman–Crippen LogP) is 3.43. The number of benzene rings is 2. The Hall–Kier alpha value is -2.07. The van der Waals surface area contributed by atoms with E-state index in [1.54, 1.807) is 18.2 Å². The molecule has 2 aromatic rings. The van der Waals surface area contributed by atoms with Crippen molar-refractivity contribution in [3.63, 3.8) is 0 Å². The third-order valence-electron chi connectivity index (χ3n) is 3.11. The lowest BCUT2D eigenvalue weighted by Crippen LogP contribution is -2.15. The summed E-state index contributed by atoms with van der Waals surface area (Å²) in [5.74, 6) is 1.66. The number of phenolic OH excluding ortho intramolecular Hbond substituents is 1. The molecule has 5 heteroatoms.